The minimum atomic E-state index is 0.0868. The maximum atomic E-state index is 2.72. The molecular weight excluding hydrogens is 256 g/mol. The highest BCUT2D eigenvalue weighted by atomic mass is 15.7. The maximum absolute atomic E-state index is 2.72. The molecule has 1 aromatic rings. The predicted octanol–water partition coefficient (Wildman–Crippen LogP) is 4.42. The van der Waals surface area contributed by atoms with Crippen LogP contribution in [0, 0.1) is 5.92 Å². The van der Waals surface area contributed by atoms with Gasteiger partial charge >= 0.3 is 0 Å². The summed E-state index contributed by atoms with van der Waals surface area (Å²) in [6.07, 6.45) is 7.02. The molecule has 116 valence electrons. The molecule has 21 heavy (non-hydrogen) atoms. The molecule has 2 nitrogen and oxygen atoms in total. The molecule has 1 aromatic carbocycles. The summed E-state index contributed by atoms with van der Waals surface area (Å²) in [7, 11) is 0. The molecule has 1 saturated carbocycles. The van der Waals surface area contributed by atoms with E-state index < -0.39 is 0 Å². The van der Waals surface area contributed by atoms with Gasteiger partial charge in [-0.1, -0.05) is 56.5 Å². The van der Waals surface area contributed by atoms with Crippen molar-refractivity contribution in [2.45, 2.75) is 64.5 Å². The van der Waals surface area contributed by atoms with Crippen LogP contribution < -0.4 is 0 Å². The lowest BCUT2D eigenvalue weighted by atomic mass is 9.92. The third-order valence-corrected chi connectivity index (χ3v) is 5.42. The van der Waals surface area contributed by atoms with E-state index in [2.05, 4.69) is 61.1 Å². The van der Waals surface area contributed by atoms with Crippen molar-refractivity contribution in [1.82, 2.24) is 10.0 Å². The second kappa shape index (κ2) is 6.10. The van der Waals surface area contributed by atoms with Gasteiger partial charge in [0.25, 0.3) is 0 Å². The Morgan fingerprint density at radius 1 is 0.952 bits per heavy atom. The molecule has 0 aromatic heterocycles. The van der Waals surface area contributed by atoms with E-state index in [1.54, 1.807) is 0 Å². The first-order valence-electron chi connectivity index (χ1n) is 8.69. The van der Waals surface area contributed by atoms with Crippen molar-refractivity contribution in [1.29, 1.82) is 0 Å². The van der Waals surface area contributed by atoms with Crippen LogP contribution in [0.4, 0.5) is 0 Å². The van der Waals surface area contributed by atoms with Crippen molar-refractivity contribution in [3.63, 3.8) is 0 Å². The molecule has 0 amide bonds. The molecule has 1 aliphatic heterocycles. The summed E-state index contributed by atoms with van der Waals surface area (Å²) >= 11 is 0. The summed E-state index contributed by atoms with van der Waals surface area (Å²) in [5.74, 6) is 0.773. The second-order valence-electron chi connectivity index (χ2n) is 7.53. The van der Waals surface area contributed by atoms with Gasteiger partial charge in [-0.25, -0.2) is 10.0 Å². The molecular formula is C19H30N2. The van der Waals surface area contributed by atoms with Crippen molar-refractivity contribution in [3.05, 3.63) is 35.9 Å². The van der Waals surface area contributed by atoms with Gasteiger partial charge in [0, 0.05) is 19.1 Å². The van der Waals surface area contributed by atoms with Crippen LogP contribution in [0.25, 0.3) is 0 Å². The van der Waals surface area contributed by atoms with Gasteiger partial charge in [0.15, 0.2) is 0 Å². The number of hydrazine groups is 1. The van der Waals surface area contributed by atoms with E-state index in [9.17, 15) is 0 Å². The summed E-state index contributed by atoms with van der Waals surface area (Å²) < 4.78 is 0. The molecule has 1 saturated heterocycles. The lowest BCUT2D eigenvalue weighted by Gasteiger charge is -2.45. The quantitative estimate of drug-likeness (QED) is 0.811. The number of rotatable bonds is 3. The topological polar surface area (TPSA) is 6.48 Å². The number of nitrogens with zero attached hydrogens (tertiary/aromatic N) is 2. The standard InChI is InChI=1S/C19H30N2/c1-16-14-20(18-12-8-5-9-13-18)21(15-16)19(2,3)17-10-6-4-7-11-17/h4,6-7,10-11,16,18H,5,8-9,12-15H2,1-3H3. The molecule has 3 rings (SSSR count). The fourth-order valence-corrected chi connectivity index (χ4v) is 4.15. The van der Waals surface area contributed by atoms with Gasteiger partial charge in [-0.15, -0.1) is 0 Å². The van der Waals surface area contributed by atoms with Crippen molar-refractivity contribution < 1.29 is 0 Å². The normalized spacial score (nSPS) is 26.3. The Kier molecular flexibility index (Phi) is 4.37. The SMILES string of the molecule is CC1CN(C2CCCCC2)N(C(C)(C)c2ccccc2)C1. The van der Waals surface area contributed by atoms with E-state index in [0.29, 0.717) is 0 Å². The van der Waals surface area contributed by atoms with E-state index >= 15 is 0 Å². The van der Waals surface area contributed by atoms with Crippen LogP contribution in [0.3, 0.4) is 0 Å². The molecule has 0 N–H and O–H groups in total. The minimum Gasteiger partial charge on any atom is -0.238 e. The van der Waals surface area contributed by atoms with Crippen molar-refractivity contribution in [2.24, 2.45) is 5.92 Å². The van der Waals surface area contributed by atoms with Gasteiger partial charge in [-0.05, 0) is 38.2 Å². The number of hydrogen-bond donors (Lipinski definition) is 0. The zero-order valence-corrected chi connectivity index (χ0v) is 13.9. The van der Waals surface area contributed by atoms with Crippen LogP contribution >= 0.6 is 0 Å². The van der Waals surface area contributed by atoms with Crippen LogP contribution in [-0.2, 0) is 5.54 Å². The Morgan fingerprint density at radius 2 is 1.62 bits per heavy atom. The summed E-state index contributed by atoms with van der Waals surface area (Å²) in [5, 5.41) is 5.39. The van der Waals surface area contributed by atoms with E-state index in [1.807, 2.05) is 0 Å². The molecule has 1 aliphatic carbocycles. The van der Waals surface area contributed by atoms with Gasteiger partial charge in [0.2, 0.25) is 0 Å². The summed E-state index contributed by atoms with van der Waals surface area (Å²) in [6.45, 7) is 9.60. The van der Waals surface area contributed by atoms with Crippen molar-refractivity contribution >= 4 is 0 Å². The average molecular weight is 286 g/mol. The highest BCUT2D eigenvalue weighted by Crippen LogP contribution is 2.37. The van der Waals surface area contributed by atoms with Crippen LogP contribution in [0.5, 0.6) is 0 Å². The smallest absolute Gasteiger partial charge is 0.0548 e. The molecule has 0 bridgehead atoms. The van der Waals surface area contributed by atoms with Crippen LogP contribution in [0.2, 0.25) is 0 Å². The van der Waals surface area contributed by atoms with Gasteiger partial charge < -0.3 is 0 Å². The van der Waals surface area contributed by atoms with Crippen molar-refractivity contribution in [3.8, 4) is 0 Å². The van der Waals surface area contributed by atoms with E-state index in [-0.39, 0.29) is 5.54 Å². The molecule has 1 atom stereocenters. The van der Waals surface area contributed by atoms with E-state index in [1.165, 1.54) is 50.8 Å². The third-order valence-electron chi connectivity index (χ3n) is 5.42. The highest BCUT2D eigenvalue weighted by Gasteiger charge is 2.41. The Labute approximate surface area is 130 Å². The van der Waals surface area contributed by atoms with Crippen LogP contribution in [-0.4, -0.2) is 29.1 Å². The monoisotopic (exact) mass is 286 g/mol. The Bertz CT molecular complexity index is 448. The molecule has 1 heterocycles. The maximum Gasteiger partial charge on any atom is 0.0548 e. The second-order valence-corrected chi connectivity index (χ2v) is 7.53. The van der Waals surface area contributed by atoms with E-state index in [4.69, 9.17) is 0 Å². The van der Waals surface area contributed by atoms with Gasteiger partial charge in [0.1, 0.15) is 0 Å². The number of hydrogen-bond acceptors (Lipinski definition) is 2. The zero-order valence-electron chi connectivity index (χ0n) is 13.9. The number of benzene rings is 1. The molecule has 1 unspecified atom stereocenters. The molecule has 0 spiro atoms. The van der Waals surface area contributed by atoms with Gasteiger partial charge in [0.05, 0.1) is 5.54 Å². The predicted molar refractivity (Wildman–Crippen MR) is 88.9 cm³/mol. The lowest BCUT2D eigenvalue weighted by Crippen LogP contribution is -2.52. The van der Waals surface area contributed by atoms with Crippen LogP contribution in [0.15, 0.2) is 30.3 Å². The highest BCUT2D eigenvalue weighted by molar-refractivity contribution is 5.23. The molecule has 0 radical (unpaired) electrons. The fourth-order valence-electron chi connectivity index (χ4n) is 4.15. The summed E-state index contributed by atoms with van der Waals surface area (Å²) in [6, 6.07) is 11.8. The Hall–Kier alpha value is -0.860. The van der Waals surface area contributed by atoms with Gasteiger partial charge in [-0.2, -0.15) is 0 Å². The first-order valence-corrected chi connectivity index (χ1v) is 8.69. The van der Waals surface area contributed by atoms with Crippen LogP contribution in [0.1, 0.15) is 58.4 Å². The average Bonchev–Trinajstić information content (AvgIpc) is 2.92. The third kappa shape index (κ3) is 3.02. The summed E-state index contributed by atoms with van der Waals surface area (Å²) in [4.78, 5) is 0. The molecule has 2 heteroatoms. The Balaban J connectivity index is 1.84. The fraction of sp³-hybridized carbons (Fsp3) is 0.684. The minimum absolute atomic E-state index is 0.0868. The molecule has 2 fully saturated rings. The Morgan fingerprint density at radius 3 is 2.29 bits per heavy atom. The molecule has 2 aliphatic rings. The van der Waals surface area contributed by atoms with Gasteiger partial charge in [-0.3, -0.25) is 0 Å². The lowest BCUT2D eigenvalue weighted by molar-refractivity contribution is -0.0957. The largest absolute Gasteiger partial charge is 0.238 e. The van der Waals surface area contributed by atoms with E-state index in [0.717, 1.165) is 12.0 Å². The first kappa shape index (κ1) is 15.1. The summed E-state index contributed by atoms with van der Waals surface area (Å²) in [5.41, 5.74) is 1.52. The van der Waals surface area contributed by atoms with Crippen molar-refractivity contribution in [2.75, 3.05) is 13.1 Å². The zero-order chi connectivity index (χ0) is 14.9. The first-order chi connectivity index (χ1) is 10.1.